The van der Waals surface area contributed by atoms with E-state index in [9.17, 15) is 14.4 Å². The molecule has 0 atom stereocenters. The summed E-state index contributed by atoms with van der Waals surface area (Å²) in [5.41, 5.74) is 4.77. The number of nitrogens with two attached hydrogens (primary N) is 1. The van der Waals surface area contributed by atoms with Crippen LogP contribution >= 0.6 is 0 Å². The number of amides is 2. The Balaban J connectivity index is 4.32. The van der Waals surface area contributed by atoms with E-state index in [0.717, 1.165) is 14.2 Å². The fourth-order valence-corrected chi connectivity index (χ4v) is 0.750. The summed E-state index contributed by atoms with van der Waals surface area (Å²) >= 11 is 0. The van der Waals surface area contributed by atoms with Gasteiger partial charge >= 0.3 is 18.0 Å². The number of ether oxygens (including phenoxy) is 2. The Morgan fingerprint density at radius 3 is 1.93 bits per heavy atom. The summed E-state index contributed by atoms with van der Waals surface area (Å²) in [5.74, 6) is -2.76. The molecule has 3 N–H and O–H groups in total. The number of hydrogen-bond acceptors (Lipinski definition) is 5. The monoisotopic (exact) mass is 204 g/mol. The molecule has 0 aromatic heterocycles. The Hall–Kier alpha value is -1.79. The Morgan fingerprint density at radius 2 is 1.64 bits per heavy atom. The maximum Gasteiger partial charge on any atom is 0.321 e. The molecule has 0 saturated heterocycles. The minimum atomic E-state index is -1.18. The minimum absolute atomic E-state index is 0.241. The van der Waals surface area contributed by atoms with Crippen LogP contribution in [-0.4, -0.2) is 38.7 Å². The minimum Gasteiger partial charge on any atom is -0.468 e. The Labute approximate surface area is 80.5 Å². The lowest BCUT2D eigenvalue weighted by Crippen LogP contribution is -2.40. The lowest BCUT2D eigenvalue weighted by Gasteiger charge is -2.11. The van der Waals surface area contributed by atoms with Crippen LogP contribution in [0.3, 0.4) is 0 Å². The fraction of sp³-hybridized carbons (Fsp3) is 0.571. The largest absolute Gasteiger partial charge is 0.468 e. The van der Waals surface area contributed by atoms with Crippen molar-refractivity contribution >= 4 is 18.0 Å². The Morgan fingerprint density at radius 1 is 1.21 bits per heavy atom. The molecule has 7 heteroatoms. The molecule has 0 aromatic rings. The average molecular weight is 204 g/mol. The molecule has 0 saturated carbocycles. The maximum absolute atomic E-state index is 11.0. The third-order valence-corrected chi connectivity index (χ3v) is 1.45. The molecule has 0 heterocycles. The second-order valence-corrected chi connectivity index (χ2v) is 2.34. The highest BCUT2D eigenvalue weighted by molar-refractivity contribution is 5.95. The molecular formula is C7H12N2O5. The zero-order valence-corrected chi connectivity index (χ0v) is 7.90. The van der Waals surface area contributed by atoms with E-state index in [4.69, 9.17) is 5.73 Å². The summed E-state index contributed by atoms with van der Waals surface area (Å²) in [5, 5.41) is 2.11. The lowest BCUT2D eigenvalue weighted by molar-refractivity contribution is -0.158. The topological polar surface area (TPSA) is 108 Å². The van der Waals surface area contributed by atoms with Gasteiger partial charge in [-0.05, 0) is 0 Å². The quantitative estimate of drug-likeness (QED) is 0.433. The van der Waals surface area contributed by atoms with Crippen LogP contribution in [-0.2, 0) is 19.1 Å². The SMILES string of the molecule is COC(=O)C(CNC(N)=O)C(=O)OC. The zero-order valence-electron chi connectivity index (χ0n) is 7.90. The van der Waals surface area contributed by atoms with Crippen molar-refractivity contribution in [1.29, 1.82) is 0 Å². The van der Waals surface area contributed by atoms with Gasteiger partial charge in [-0.2, -0.15) is 0 Å². The van der Waals surface area contributed by atoms with Crippen molar-refractivity contribution in [3.63, 3.8) is 0 Å². The van der Waals surface area contributed by atoms with Crippen LogP contribution in [0.2, 0.25) is 0 Å². The van der Waals surface area contributed by atoms with Crippen LogP contribution in [0.1, 0.15) is 0 Å². The summed E-state index contributed by atoms with van der Waals surface area (Å²) in [4.78, 5) is 32.4. The van der Waals surface area contributed by atoms with E-state index < -0.39 is 23.9 Å². The summed E-state index contributed by atoms with van der Waals surface area (Å²) < 4.78 is 8.67. The van der Waals surface area contributed by atoms with Crippen molar-refractivity contribution < 1.29 is 23.9 Å². The molecule has 0 aliphatic carbocycles. The maximum atomic E-state index is 11.0. The number of nitrogens with one attached hydrogen (secondary N) is 1. The highest BCUT2D eigenvalue weighted by Gasteiger charge is 2.28. The number of methoxy groups -OCH3 is 2. The van der Waals surface area contributed by atoms with Crippen LogP contribution in [0.25, 0.3) is 0 Å². The number of hydrogen-bond donors (Lipinski definition) is 2. The van der Waals surface area contributed by atoms with Crippen molar-refractivity contribution in [1.82, 2.24) is 5.32 Å². The van der Waals surface area contributed by atoms with Crippen molar-refractivity contribution in [2.75, 3.05) is 20.8 Å². The molecule has 7 nitrogen and oxygen atoms in total. The number of carbonyl (C=O) groups excluding carboxylic acids is 3. The molecule has 0 rings (SSSR count). The normalized spacial score (nSPS) is 9.36. The van der Waals surface area contributed by atoms with Crippen LogP contribution in [0.5, 0.6) is 0 Å². The van der Waals surface area contributed by atoms with E-state index in [1.54, 1.807) is 0 Å². The third-order valence-electron chi connectivity index (χ3n) is 1.45. The van der Waals surface area contributed by atoms with Gasteiger partial charge in [-0.1, -0.05) is 0 Å². The second-order valence-electron chi connectivity index (χ2n) is 2.34. The van der Waals surface area contributed by atoms with Crippen molar-refractivity contribution in [2.45, 2.75) is 0 Å². The smallest absolute Gasteiger partial charge is 0.321 e. The van der Waals surface area contributed by atoms with Crippen molar-refractivity contribution in [3.8, 4) is 0 Å². The summed E-state index contributed by atoms with van der Waals surface area (Å²) in [6.07, 6.45) is 0. The predicted molar refractivity (Wildman–Crippen MR) is 45.1 cm³/mol. The van der Waals surface area contributed by atoms with Crippen LogP contribution < -0.4 is 11.1 Å². The number of carbonyl (C=O) groups is 3. The first kappa shape index (κ1) is 12.2. The highest BCUT2D eigenvalue weighted by Crippen LogP contribution is 2.00. The molecule has 0 aromatic carbocycles. The molecule has 80 valence electrons. The second kappa shape index (κ2) is 5.79. The number of primary amides is 1. The predicted octanol–water partition coefficient (Wildman–Crippen LogP) is -1.38. The van der Waals surface area contributed by atoms with E-state index >= 15 is 0 Å². The first-order chi connectivity index (χ1) is 6.52. The molecule has 0 aliphatic heterocycles. The highest BCUT2D eigenvalue weighted by atomic mass is 16.5. The molecule has 0 radical (unpaired) electrons. The third kappa shape index (κ3) is 3.74. The van der Waals surface area contributed by atoms with Crippen molar-refractivity contribution in [3.05, 3.63) is 0 Å². The van der Waals surface area contributed by atoms with Gasteiger partial charge in [-0.15, -0.1) is 0 Å². The average Bonchev–Trinajstić information content (AvgIpc) is 2.16. The number of urea groups is 1. The van der Waals surface area contributed by atoms with Gasteiger partial charge in [-0.3, -0.25) is 9.59 Å². The molecule has 0 fully saturated rings. The Bertz CT molecular complexity index is 224. The lowest BCUT2D eigenvalue weighted by atomic mass is 10.1. The van der Waals surface area contributed by atoms with Gasteiger partial charge in [0.2, 0.25) is 0 Å². The van der Waals surface area contributed by atoms with E-state index in [1.807, 2.05) is 0 Å². The van der Waals surface area contributed by atoms with Gasteiger partial charge in [0, 0.05) is 6.54 Å². The molecule has 2 amide bonds. The summed E-state index contributed by atoms with van der Waals surface area (Å²) in [6.45, 7) is -0.241. The van der Waals surface area contributed by atoms with Gasteiger partial charge < -0.3 is 20.5 Å². The van der Waals surface area contributed by atoms with E-state index in [2.05, 4.69) is 14.8 Å². The van der Waals surface area contributed by atoms with E-state index in [-0.39, 0.29) is 6.54 Å². The number of esters is 2. The summed E-state index contributed by atoms with van der Waals surface area (Å²) in [6, 6.07) is -0.831. The van der Waals surface area contributed by atoms with E-state index in [0.29, 0.717) is 0 Å². The molecule has 0 bridgehead atoms. The molecular weight excluding hydrogens is 192 g/mol. The van der Waals surface area contributed by atoms with Gasteiger partial charge in [0.1, 0.15) is 0 Å². The van der Waals surface area contributed by atoms with E-state index in [1.165, 1.54) is 0 Å². The Kier molecular flexibility index (Phi) is 5.05. The van der Waals surface area contributed by atoms with Crippen molar-refractivity contribution in [2.24, 2.45) is 11.7 Å². The van der Waals surface area contributed by atoms with Crippen LogP contribution in [0.4, 0.5) is 4.79 Å². The van der Waals surface area contributed by atoms with Gasteiger partial charge in [0.15, 0.2) is 5.92 Å². The first-order valence-corrected chi connectivity index (χ1v) is 3.71. The number of rotatable bonds is 4. The zero-order chi connectivity index (χ0) is 11.1. The molecule has 0 aliphatic rings. The molecule has 14 heavy (non-hydrogen) atoms. The van der Waals surface area contributed by atoms with Gasteiger partial charge in [0.05, 0.1) is 14.2 Å². The molecule has 0 spiro atoms. The van der Waals surface area contributed by atoms with Crippen LogP contribution in [0, 0.1) is 5.92 Å². The standard InChI is InChI=1S/C7H12N2O5/c1-13-5(10)4(6(11)14-2)3-9-7(8)12/h4H,3H2,1-2H3,(H3,8,9,12). The van der Waals surface area contributed by atoms with Crippen LogP contribution in [0.15, 0.2) is 0 Å². The summed E-state index contributed by atoms with van der Waals surface area (Å²) in [7, 11) is 2.26. The van der Waals surface area contributed by atoms with Gasteiger partial charge in [0.25, 0.3) is 0 Å². The first-order valence-electron chi connectivity index (χ1n) is 3.71. The van der Waals surface area contributed by atoms with Gasteiger partial charge in [-0.25, -0.2) is 4.79 Å². The molecule has 0 unspecified atom stereocenters. The fourth-order valence-electron chi connectivity index (χ4n) is 0.750.